The zero-order valence-corrected chi connectivity index (χ0v) is 9.98. The fourth-order valence-corrected chi connectivity index (χ4v) is 1.81. The Kier molecular flexibility index (Phi) is 3.76. The first-order valence-electron chi connectivity index (χ1n) is 5.89. The summed E-state index contributed by atoms with van der Waals surface area (Å²) in [5, 5.41) is 0. The number of carbonyl (C=O) groups is 1. The number of rotatable bonds is 5. The van der Waals surface area contributed by atoms with E-state index in [4.69, 9.17) is 4.42 Å². The third kappa shape index (κ3) is 3.31. The van der Waals surface area contributed by atoms with E-state index < -0.39 is 0 Å². The Balaban J connectivity index is 1.81. The Hall–Kier alpha value is -1.83. The van der Waals surface area contributed by atoms with Crippen molar-refractivity contribution in [2.45, 2.75) is 26.2 Å². The standard InChI is InChI=1S/C15H16O2/c1-12-10-11-15(17-12)14(16)9-5-8-13-6-3-2-4-7-13/h2-4,6-7,10-11H,5,8-9H2,1H3. The lowest BCUT2D eigenvalue weighted by Gasteiger charge is -1.99. The highest BCUT2D eigenvalue weighted by Crippen LogP contribution is 2.12. The summed E-state index contributed by atoms with van der Waals surface area (Å²) < 4.78 is 5.30. The number of aryl methyl sites for hydroxylation is 2. The largest absolute Gasteiger partial charge is 0.458 e. The first-order valence-corrected chi connectivity index (χ1v) is 5.89. The molecule has 2 rings (SSSR count). The monoisotopic (exact) mass is 228 g/mol. The van der Waals surface area contributed by atoms with E-state index in [0.717, 1.165) is 18.6 Å². The summed E-state index contributed by atoms with van der Waals surface area (Å²) >= 11 is 0. The number of furan rings is 1. The van der Waals surface area contributed by atoms with Gasteiger partial charge in [-0.15, -0.1) is 0 Å². The van der Waals surface area contributed by atoms with Gasteiger partial charge in [-0.25, -0.2) is 0 Å². The lowest BCUT2D eigenvalue weighted by Crippen LogP contribution is -1.98. The van der Waals surface area contributed by atoms with Gasteiger partial charge in [0.1, 0.15) is 5.76 Å². The molecular formula is C15H16O2. The van der Waals surface area contributed by atoms with Crippen molar-refractivity contribution < 1.29 is 9.21 Å². The minimum absolute atomic E-state index is 0.0917. The Morgan fingerprint density at radius 3 is 2.53 bits per heavy atom. The van der Waals surface area contributed by atoms with Crippen LogP contribution in [-0.2, 0) is 6.42 Å². The molecule has 0 unspecified atom stereocenters. The number of hydrogen-bond donors (Lipinski definition) is 0. The lowest BCUT2D eigenvalue weighted by molar-refractivity contribution is 0.0952. The van der Waals surface area contributed by atoms with Crippen LogP contribution in [0.3, 0.4) is 0 Å². The molecule has 2 nitrogen and oxygen atoms in total. The van der Waals surface area contributed by atoms with E-state index in [1.807, 2.05) is 31.2 Å². The second-order valence-corrected chi connectivity index (χ2v) is 4.17. The maximum atomic E-state index is 11.8. The fourth-order valence-electron chi connectivity index (χ4n) is 1.81. The second-order valence-electron chi connectivity index (χ2n) is 4.17. The van der Waals surface area contributed by atoms with E-state index in [1.54, 1.807) is 6.07 Å². The van der Waals surface area contributed by atoms with Gasteiger partial charge in [-0.05, 0) is 37.5 Å². The Morgan fingerprint density at radius 1 is 1.12 bits per heavy atom. The molecule has 0 saturated heterocycles. The molecule has 0 amide bonds. The van der Waals surface area contributed by atoms with Gasteiger partial charge >= 0.3 is 0 Å². The van der Waals surface area contributed by atoms with Gasteiger partial charge in [0.25, 0.3) is 0 Å². The van der Waals surface area contributed by atoms with Crippen molar-refractivity contribution in [3.63, 3.8) is 0 Å². The third-order valence-corrected chi connectivity index (χ3v) is 2.73. The Bertz CT molecular complexity index is 483. The molecule has 0 saturated carbocycles. The molecule has 17 heavy (non-hydrogen) atoms. The minimum atomic E-state index is 0.0917. The number of carbonyl (C=O) groups excluding carboxylic acids is 1. The molecule has 0 bridgehead atoms. The summed E-state index contributed by atoms with van der Waals surface area (Å²) in [7, 11) is 0. The van der Waals surface area contributed by atoms with Crippen LogP contribution < -0.4 is 0 Å². The molecule has 0 aliphatic carbocycles. The smallest absolute Gasteiger partial charge is 0.198 e. The lowest BCUT2D eigenvalue weighted by atomic mass is 10.1. The van der Waals surface area contributed by atoms with E-state index in [1.165, 1.54) is 5.56 Å². The van der Waals surface area contributed by atoms with Crippen molar-refractivity contribution in [2.75, 3.05) is 0 Å². The van der Waals surface area contributed by atoms with Gasteiger partial charge in [-0.2, -0.15) is 0 Å². The number of benzene rings is 1. The molecule has 0 spiro atoms. The molecule has 0 aliphatic rings. The summed E-state index contributed by atoms with van der Waals surface area (Å²) in [6, 6.07) is 13.8. The van der Waals surface area contributed by atoms with Crippen LogP contribution >= 0.6 is 0 Å². The molecular weight excluding hydrogens is 212 g/mol. The van der Waals surface area contributed by atoms with Crippen LogP contribution in [0.15, 0.2) is 46.9 Å². The molecule has 1 aromatic carbocycles. The van der Waals surface area contributed by atoms with Crippen molar-refractivity contribution in [3.8, 4) is 0 Å². The zero-order chi connectivity index (χ0) is 12.1. The van der Waals surface area contributed by atoms with Crippen LogP contribution in [0, 0.1) is 6.92 Å². The van der Waals surface area contributed by atoms with Crippen LogP contribution in [0.5, 0.6) is 0 Å². The number of hydrogen-bond acceptors (Lipinski definition) is 2. The maximum Gasteiger partial charge on any atom is 0.198 e. The van der Waals surface area contributed by atoms with Gasteiger partial charge in [0.2, 0.25) is 0 Å². The van der Waals surface area contributed by atoms with E-state index in [9.17, 15) is 4.79 Å². The average molecular weight is 228 g/mol. The highest BCUT2D eigenvalue weighted by molar-refractivity contribution is 5.93. The van der Waals surface area contributed by atoms with Crippen molar-refractivity contribution in [1.82, 2.24) is 0 Å². The normalized spacial score (nSPS) is 10.4. The number of ketones is 1. The maximum absolute atomic E-state index is 11.8. The highest BCUT2D eigenvalue weighted by atomic mass is 16.3. The molecule has 1 aromatic heterocycles. The fraction of sp³-hybridized carbons (Fsp3) is 0.267. The van der Waals surface area contributed by atoms with E-state index >= 15 is 0 Å². The van der Waals surface area contributed by atoms with Crippen LogP contribution in [0.2, 0.25) is 0 Å². The van der Waals surface area contributed by atoms with Gasteiger partial charge in [0, 0.05) is 6.42 Å². The van der Waals surface area contributed by atoms with E-state index in [-0.39, 0.29) is 5.78 Å². The summed E-state index contributed by atoms with van der Waals surface area (Å²) in [5.74, 6) is 1.36. The summed E-state index contributed by atoms with van der Waals surface area (Å²) in [6.07, 6.45) is 2.34. The molecule has 0 N–H and O–H groups in total. The summed E-state index contributed by atoms with van der Waals surface area (Å²) in [6.45, 7) is 1.85. The predicted molar refractivity (Wildman–Crippen MR) is 67.2 cm³/mol. The molecule has 88 valence electrons. The zero-order valence-electron chi connectivity index (χ0n) is 9.98. The quantitative estimate of drug-likeness (QED) is 0.729. The van der Waals surface area contributed by atoms with Crippen molar-refractivity contribution >= 4 is 5.78 Å². The first kappa shape index (κ1) is 11.6. The van der Waals surface area contributed by atoms with Crippen LogP contribution in [0.1, 0.15) is 34.7 Å². The Morgan fingerprint density at radius 2 is 1.88 bits per heavy atom. The van der Waals surface area contributed by atoms with Gasteiger partial charge in [0.15, 0.2) is 11.5 Å². The average Bonchev–Trinajstić information content (AvgIpc) is 2.77. The molecule has 2 heteroatoms. The van der Waals surface area contributed by atoms with Gasteiger partial charge < -0.3 is 4.42 Å². The van der Waals surface area contributed by atoms with Crippen LogP contribution in [0.25, 0.3) is 0 Å². The number of Topliss-reactive ketones (excluding diaryl/α,β-unsaturated/α-hetero) is 1. The predicted octanol–water partition coefficient (Wildman–Crippen LogP) is 3.79. The minimum Gasteiger partial charge on any atom is -0.458 e. The topological polar surface area (TPSA) is 30.2 Å². The van der Waals surface area contributed by atoms with Gasteiger partial charge in [-0.1, -0.05) is 30.3 Å². The van der Waals surface area contributed by atoms with Crippen molar-refractivity contribution in [2.24, 2.45) is 0 Å². The molecule has 0 atom stereocenters. The van der Waals surface area contributed by atoms with E-state index in [0.29, 0.717) is 12.2 Å². The molecule has 0 radical (unpaired) electrons. The summed E-state index contributed by atoms with van der Waals surface area (Å²) in [4.78, 5) is 11.8. The molecule has 0 fully saturated rings. The molecule has 0 aliphatic heterocycles. The van der Waals surface area contributed by atoms with Crippen molar-refractivity contribution in [3.05, 3.63) is 59.5 Å². The van der Waals surface area contributed by atoms with Gasteiger partial charge in [0.05, 0.1) is 0 Å². The van der Waals surface area contributed by atoms with Crippen molar-refractivity contribution in [1.29, 1.82) is 0 Å². The first-order chi connectivity index (χ1) is 8.25. The second kappa shape index (κ2) is 5.48. The van der Waals surface area contributed by atoms with E-state index in [2.05, 4.69) is 12.1 Å². The summed E-state index contributed by atoms with van der Waals surface area (Å²) in [5.41, 5.74) is 1.27. The molecule has 2 aromatic rings. The van der Waals surface area contributed by atoms with Crippen LogP contribution in [0.4, 0.5) is 0 Å². The van der Waals surface area contributed by atoms with Gasteiger partial charge in [-0.3, -0.25) is 4.79 Å². The third-order valence-electron chi connectivity index (χ3n) is 2.73. The van der Waals surface area contributed by atoms with Crippen LogP contribution in [-0.4, -0.2) is 5.78 Å². The SMILES string of the molecule is Cc1ccc(C(=O)CCCc2ccccc2)o1. The molecule has 1 heterocycles. The Labute approximate surface area is 101 Å². The highest BCUT2D eigenvalue weighted by Gasteiger charge is 2.09.